The Kier molecular flexibility index (Phi) is 9.64. The van der Waals surface area contributed by atoms with Gasteiger partial charge in [-0.3, -0.25) is 0 Å². The molecular weight excluding hydrogens is 464 g/mol. The van der Waals surface area contributed by atoms with Crippen molar-refractivity contribution in [1.82, 2.24) is 9.97 Å². The molecule has 10 nitrogen and oxygen atoms in total. The van der Waals surface area contributed by atoms with Crippen LogP contribution in [0.25, 0.3) is 0 Å². The van der Waals surface area contributed by atoms with Gasteiger partial charge in [-0.2, -0.15) is 10.5 Å². The van der Waals surface area contributed by atoms with Crippen molar-refractivity contribution in [3.63, 3.8) is 0 Å². The number of aromatic nitrogens is 2. The van der Waals surface area contributed by atoms with E-state index in [0.717, 1.165) is 0 Å². The summed E-state index contributed by atoms with van der Waals surface area (Å²) >= 11 is 0. The van der Waals surface area contributed by atoms with E-state index in [-0.39, 0.29) is 22.9 Å². The van der Waals surface area contributed by atoms with Crippen LogP contribution >= 0.6 is 0 Å². The molecule has 2 heterocycles. The van der Waals surface area contributed by atoms with E-state index in [4.69, 9.17) is 20.0 Å². The van der Waals surface area contributed by atoms with Gasteiger partial charge in [0.1, 0.15) is 29.1 Å². The average molecular weight is 491 g/mol. The molecule has 0 aliphatic rings. The molecule has 0 bridgehead atoms. The summed E-state index contributed by atoms with van der Waals surface area (Å²) in [5.41, 5.74) is -0.212. The number of carbonyl (C=O) groups excluding carboxylic acids is 1. The van der Waals surface area contributed by atoms with Crippen molar-refractivity contribution in [1.29, 1.82) is 15.3 Å². The third-order valence-corrected chi connectivity index (χ3v) is 7.88. The van der Waals surface area contributed by atoms with E-state index in [2.05, 4.69) is 14.3 Å². The lowest BCUT2D eigenvalue weighted by Crippen LogP contribution is -2.23. The number of pyridine rings is 2. The predicted octanol–water partition coefficient (Wildman–Crippen LogP) is 4.11. The Morgan fingerprint density at radius 3 is 1.82 bits per heavy atom. The van der Waals surface area contributed by atoms with Crippen molar-refractivity contribution in [3.05, 3.63) is 48.0 Å². The highest BCUT2D eigenvalue weighted by atomic mass is 32.2. The summed E-state index contributed by atoms with van der Waals surface area (Å²) in [6, 6.07) is 9.65. The Morgan fingerprint density at radius 1 is 1.00 bits per heavy atom. The minimum atomic E-state index is -2.92. The molecule has 0 saturated carbocycles. The highest BCUT2D eigenvalue weighted by Crippen LogP contribution is 2.16. The summed E-state index contributed by atoms with van der Waals surface area (Å²) in [7, 11) is -5.62. The van der Waals surface area contributed by atoms with Crippen molar-refractivity contribution in [2.45, 2.75) is 50.0 Å². The minimum Gasteiger partial charge on any atom is -0.442 e. The van der Waals surface area contributed by atoms with Crippen LogP contribution in [-0.2, 0) is 24.2 Å². The van der Waals surface area contributed by atoms with E-state index in [1.54, 1.807) is 34.6 Å². The molecule has 176 valence electrons. The van der Waals surface area contributed by atoms with Crippen LogP contribution in [0.15, 0.2) is 50.8 Å². The maximum absolute atomic E-state index is 12.7. The van der Waals surface area contributed by atoms with Crippen molar-refractivity contribution >= 4 is 25.6 Å². The molecule has 2 aromatic heterocycles. The van der Waals surface area contributed by atoms with Gasteiger partial charge in [0.15, 0.2) is 0 Å². The largest absolute Gasteiger partial charge is 0.442 e. The highest BCUT2D eigenvalue weighted by Gasteiger charge is 2.19. The Hall–Kier alpha value is -3.35. The van der Waals surface area contributed by atoms with Gasteiger partial charge in [0.25, 0.3) is 0 Å². The van der Waals surface area contributed by atoms with Crippen LogP contribution in [0.1, 0.15) is 46.0 Å². The summed E-state index contributed by atoms with van der Waals surface area (Å²) in [5.74, 6) is 0.417. The van der Waals surface area contributed by atoms with E-state index >= 15 is 0 Å². The third kappa shape index (κ3) is 8.60. The van der Waals surface area contributed by atoms with Gasteiger partial charge in [-0.05, 0) is 45.0 Å². The summed E-state index contributed by atoms with van der Waals surface area (Å²) in [6.07, 6.45) is 1.77. The number of amides is 1. The first kappa shape index (κ1) is 27.7. The van der Waals surface area contributed by atoms with E-state index in [1.807, 2.05) is 12.1 Å². The normalized spacial score (nSPS) is 14.2. The molecule has 33 heavy (non-hydrogen) atoms. The fourth-order valence-electron chi connectivity index (χ4n) is 2.13. The van der Waals surface area contributed by atoms with Crippen LogP contribution in [0.3, 0.4) is 0 Å². The molecule has 2 atom stereocenters. The van der Waals surface area contributed by atoms with E-state index in [1.165, 1.54) is 36.7 Å². The molecule has 2 unspecified atom stereocenters. The number of carbonyl (C=O) groups is 1. The van der Waals surface area contributed by atoms with E-state index in [0.29, 0.717) is 9.79 Å². The van der Waals surface area contributed by atoms with Gasteiger partial charge in [0.05, 0.1) is 29.2 Å². The predicted molar refractivity (Wildman–Crippen MR) is 123 cm³/mol. The van der Waals surface area contributed by atoms with Crippen molar-refractivity contribution in [2.75, 3.05) is 11.5 Å². The molecule has 1 N–H and O–H groups in total. The Balaban J connectivity index is 0.000000361. The van der Waals surface area contributed by atoms with Crippen LogP contribution in [0.4, 0.5) is 4.79 Å². The Labute approximate surface area is 194 Å². The van der Waals surface area contributed by atoms with Crippen LogP contribution in [0.5, 0.6) is 0 Å². The molecule has 2 aromatic rings. The van der Waals surface area contributed by atoms with Gasteiger partial charge < -0.3 is 4.74 Å². The van der Waals surface area contributed by atoms with Crippen molar-refractivity contribution in [3.8, 4) is 12.1 Å². The van der Waals surface area contributed by atoms with Crippen molar-refractivity contribution in [2.24, 2.45) is 4.36 Å². The second-order valence-electron chi connectivity index (χ2n) is 7.45. The molecule has 0 saturated heterocycles. The molecule has 0 aromatic carbocycles. The maximum atomic E-state index is 12.7. The van der Waals surface area contributed by atoms with E-state index < -0.39 is 31.2 Å². The molecule has 2 rings (SSSR count). The molecular formula is C21H26N6O4S2. The molecule has 1 amide bonds. The van der Waals surface area contributed by atoms with Crippen LogP contribution < -0.4 is 0 Å². The van der Waals surface area contributed by atoms with Gasteiger partial charge in [0, 0.05) is 23.9 Å². The fraction of sp³-hybridized carbons (Fsp3) is 0.381. The quantitative estimate of drug-likeness (QED) is 0.667. The number of nitriles is 2. The first-order valence-corrected chi connectivity index (χ1v) is 13.2. The van der Waals surface area contributed by atoms with Gasteiger partial charge in [-0.1, -0.05) is 13.8 Å². The third-order valence-electron chi connectivity index (χ3n) is 3.86. The zero-order valence-electron chi connectivity index (χ0n) is 19.1. The smallest absolute Gasteiger partial charge is 0.442 e. The number of nitrogens with zero attached hydrogens (tertiary/aromatic N) is 5. The summed E-state index contributed by atoms with van der Waals surface area (Å²) in [6.45, 7) is 8.47. The molecule has 0 aliphatic heterocycles. The minimum absolute atomic E-state index is 0.153. The lowest BCUT2D eigenvalue weighted by Gasteiger charge is -2.18. The first-order chi connectivity index (χ1) is 15.3. The summed E-state index contributed by atoms with van der Waals surface area (Å²) in [5, 5.41) is 17.1. The number of hydrogen-bond donors (Lipinski definition) is 1. The fourth-order valence-corrected chi connectivity index (χ4v) is 4.32. The Bertz CT molecular complexity index is 1270. The molecule has 0 spiro atoms. The second-order valence-corrected chi connectivity index (χ2v) is 12.4. The lowest BCUT2D eigenvalue weighted by molar-refractivity contribution is 0.0607. The van der Waals surface area contributed by atoms with Gasteiger partial charge >= 0.3 is 6.09 Å². The SMILES string of the molecule is CCS(=N)(=O)c1ccc(C#N)nc1.CCS(=O)(=NC(=O)OC(C)(C)C)c1ccc(C#N)nc1. The first-order valence-electron chi connectivity index (χ1n) is 9.77. The summed E-state index contributed by atoms with van der Waals surface area (Å²) in [4.78, 5) is 20.0. The molecule has 0 fully saturated rings. The van der Waals surface area contributed by atoms with Gasteiger partial charge in [0.2, 0.25) is 0 Å². The zero-order valence-corrected chi connectivity index (χ0v) is 20.7. The van der Waals surface area contributed by atoms with Crippen LogP contribution in [-0.4, -0.2) is 41.6 Å². The number of nitrogens with one attached hydrogen (secondary N) is 1. The van der Waals surface area contributed by atoms with Gasteiger partial charge in [-0.25, -0.2) is 28.0 Å². The van der Waals surface area contributed by atoms with Crippen LogP contribution in [0.2, 0.25) is 0 Å². The van der Waals surface area contributed by atoms with E-state index in [9.17, 15) is 13.2 Å². The Morgan fingerprint density at radius 2 is 1.48 bits per heavy atom. The topological polar surface area (TPSA) is 170 Å². The number of rotatable bonds is 4. The monoisotopic (exact) mass is 490 g/mol. The molecule has 0 aliphatic carbocycles. The average Bonchev–Trinajstić information content (AvgIpc) is 2.78. The van der Waals surface area contributed by atoms with Crippen molar-refractivity contribution < 1.29 is 17.9 Å². The number of hydrogen-bond acceptors (Lipinski definition) is 9. The summed E-state index contributed by atoms with van der Waals surface area (Å²) < 4.78 is 40.3. The standard InChI is InChI=1S/C13H17N3O3S.C8H9N3OS/c1-5-20(18,16-12(17)19-13(2,3)4)11-7-6-10(8-14)15-9-11;1-2-13(10,12)8-4-3-7(5-9)11-6-8/h6-7,9H,5H2,1-4H3;3-4,6,10H,2H2,1H3. The second kappa shape index (κ2) is 11.5. The van der Waals surface area contributed by atoms with Crippen LogP contribution in [0, 0.1) is 27.4 Å². The zero-order chi connectivity index (χ0) is 25.3. The number of ether oxygens (including phenoxy) is 1. The highest BCUT2D eigenvalue weighted by molar-refractivity contribution is 7.94. The lowest BCUT2D eigenvalue weighted by atomic mass is 10.2. The molecule has 12 heteroatoms. The maximum Gasteiger partial charge on any atom is 0.442 e. The molecule has 0 radical (unpaired) electrons. The van der Waals surface area contributed by atoms with Gasteiger partial charge in [-0.15, -0.1) is 4.36 Å².